The van der Waals surface area contributed by atoms with Gasteiger partial charge in [0.05, 0.1) is 6.54 Å². The van der Waals surface area contributed by atoms with E-state index in [-0.39, 0.29) is 5.95 Å². The molecule has 0 atom stereocenters. The van der Waals surface area contributed by atoms with Gasteiger partial charge in [0.1, 0.15) is 11.6 Å². The normalized spacial score (nSPS) is 10.2. The van der Waals surface area contributed by atoms with E-state index in [2.05, 4.69) is 35.3 Å². The van der Waals surface area contributed by atoms with Gasteiger partial charge in [-0.3, -0.25) is 0 Å². The largest absolute Gasteiger partial charge is 0.370 e. The highest BCUT2D eigenvalue weighted by Gasteiger charge is 2.03. The summed E-state index contributed by atoms with van der Waals surface area (Å²) in [5, 5.41) is 9.77. The third kappa shape index (κ3) is 3.03. The lowest BCUT2D eigenvalue weighted by Crippen LogP contribution is -2.08. The van der Waals surface area contributed by atoms with Crippen LogP contribution in [-0.2, 0) is 6.54 Å². The molecule has 0 aliphatic heterocycles. The first-order chi connectivity index (χ1) is 8.28. The molecule has 0 amide bonds. The molecule has 90 valence electrons. The molecule has 0 aliphatic carbocycles. The van der Waals surface area contributed by atoms with E-state index in [1.54, 1.807) is 6.07 Å². The molecule has 0 spiro atoms. The minimum absolute atomic E-state index is 0.207. The minimum atomic E-state index is 0.207. The Morgan fingerprint density at radius 1 is 1.29 bits per heavy atom. The number of nitrogens with two attached hydrogens (primary N) is 1. The molecule has 8 heteroatoms. The van der Waals surface area contributed by atoms with E-state index in [1.165, 1.54) is 6.39 Å². The van der Waals surface area contributed by atoms with Crippen molar-refractivity contribution in [1.29, 1.82) is 0 Å². The number of nitrogens with one attached hydrogen (secondary N) is 2. The molecular weight excluding hydrogens is 222 g/mol. The lowest BCUT2D eigenvalue weighted by Gasteiger charge is -2.07. The lowest BCUT2D eigenvalue weighted by molar-refractivity contribution is 0.411. The standard InChI is InChI=1S/C9H13N7O/c1-2-11-6-3-7(15-9(10)14-6)12-4-8-13-5-17-16-8/h3,5H,2,4H2,1H3,(H4,10,11,12,14,15). The van der Waals surface area contributed by atoms with Crippen molar-refractivity contribution in [1.82, 2.24) is 20.1 Å². The van der Waals surface area contributed by atoms with Crippen LogP contribution < -0.4 is 16.4 Å². The highest BCUT2D eigenvalue weighted by molar-refractivity contribution is 5.50. The predicted octanol–water partition coefficient (Wildman–Crippen LogP) is 0.486. The van der Waals surface area contributed by atoms with Gasteiger partial charge in [0.25, 0.3) is 0 Å². The van der Waals surface area contributed by atoms with Gasteiger partial charge in [-0.15, -0.1) is 0 Å². The predicted molar refractivity (Wildman–Crippen MR) is 62.2 cm³/mol. The zero-order valence-electron chi connectivity index (χ0n) is 9.34. The van der Waals surface area contributed by atoms with Crippen LogP contribution in [-0.4, -0.2) is 26.7 Å². The fourth-order valence-corrected chi connectivity index (χ4v) is 1.27. The maximum atomic E-state index is 5.59. The number of rotatable bonds is 5. The minimum Gasteiger partial charge on any atom is -0.370 e. The molecule has 0 saturated carbocycles. The number of nitrogen functional groups attached to an aromatic ring is 1. The fraction of sp³-hybridized carbons (Fsp3) is 0.333. The zero-order valence-corrected chi connectivity index (χ0v) is 9.34. The summed E-state index contributed by atoms with van der Waals surface area (Å²) in [5.74, 6) is 2.04. The third-order valence-electron chi connectivity index (χ3n) is 1.94. The van der Waals surface area contributed by atoms with Gasteiger partial charge in [0.15, 0.2) is 5.82 Å². The van der Waals surface area contributed by atoms with Crippen molar-refractivity contribution < 1.29 is 4.52 Å². The highest BCUT2D eigenvalue weighted by atomic mass is 16.5. The molecule has 0 radical (unpaired) electrons. The number of aromatic nitrogens is 4. The number of hydrogen-bond acceptors (Lipinski definition) is 8. The first kappa shape index (κ1) is 11.1. The van der Waals surface area contributed by atoms with Crippen molar-refractivity contribution in [2.24, 2.45) is 0 Å². The van der Waals surface area contributed by atoms with Crippen molar-refractivity contribution in [3.63, 3.8) is 0 Å². The molecule has 0 saturated heterocycles. The summed E-state index contributed by atoms with van der Waals surface area (Å²) in [6.07, 6.45) is 1.27. The molecule has 0 unspecified atom stereocenters. The molecule has 4 N–H and O–H groups in total. The van der Waals surface area contributed by atoms with Crippen LogP contribution >= 0.6 is 0 Å². The highest BCUT2D eigenvalue weighted by Crippen LogP contribution is 2.12. The van der Waals surface area contributed by atoms with Gasteiger partial charge in [0.2, 0.25) is 12.3 Å². The van der Waals surface area contributed by atoms with Crippen molar-refractivity contribution in [3.05, 3.63) is 18.3 Å². The first-order valence-electron chi connectivity index (χ1n) is 5.15. The molecule has 0 fully saturated rings. The van der Waals surface area contributed by atoms with E-state index in [0.29, 0.717) is 24.0 Å². The average molecular weight is 235 g/mol. The number of anilines is 3. The molecule has 8 nitrogen and oxygen atoms in total. The lowest BCUT2D eigenvalue weighted by atomic mass is 10.5. The molecule has 2 aromatic rings. The third-order valence-corrected chi connectivity index (χ3v) is 1.94. The molecular formula is C9H13N7O. The number of hydrogen-bond donors (Lipinski definition) is 3. The fourth-order valence-electron chi connectivity index (χ4n) is 1.27. The Bertz CT molecular complexity index is 470. The number of nitrogens with zero attached hydrogens (tertiary/aromatic N) is 4. The summed E-state index contributed by atoms with van der Waals surface area (Å²) < 4.78 is 4.62. The SMILES string of the molecule is CCNc1cc(NCc2ncon2)nc(N)n1. The van der Waals surface area contributed by atoms with Crippen LogP contribution in [0, 0.1) is 0 Å². The Kier molecular flexibility index (Phi) is 3.34. The Balaban J connectivity index is 2.04. The van der Waals surface area contributed by atoms with Crippen LogP contribution in [0.5, 0.6) is 0 Å². The van der Waals surface area contributed by atoms with Crippen LogP contribution in [0.3, 0.4) is 0 Å². The zero-order chi connectivity index (χ0) is 12.1. The second-order valence-electron chi connectivity index (χ2n) is 3.23. The second-order valence-corrected chi connectivity index (χ2v) is 3.23. The van der Waals surface area contributed by atoms with Crippen molar-refractivity contribution in [3.8, 4) is 0 Å². The molecule has 0 bridgehead atoms. The van der Waals surface area contributed by atoms with Crippen molar-refractivity contribution in [2.75, 3.05) is 22.9 Å². The van der Waals surface area contributed by atoms with E-state index in [4.69, 9.17) is 5.73 Å². The topological polar surface area (TPSA) is 115 Å². The van der Waals surface area contributed by atoms with Gasteiger partial charge < -0.3 is 20.9 Å². The maximum absolute atomic E-state index is 5.59. The molecule has 0 aromatic carbocycles. The van der Waals surface area contributed by atoms with E-state index in [0.717, 1.165) is 6.54 Å². The van der Waals surface area contributed by atoms with Crippen LogP contribution in [0.25, 0.3) is 0 Å². The van der Waals surface area contributed by atoms with Gasteiger partial charge in [-0.1, -0.05) is 5.16 Å². The summed E-state index contributed by atoms with van der Waals surface area (Å²) >= 11 is 0. The Morgan fingerprint density at radius 3 is 2.71 bits per heavy atom. The first-order valence-corrected chi connectivity index (χ1v) is 5.15. The smallest absolute Gasteiger partial charge is 0.223 e. The molecule has 2 heterocycles. The van der Waals surface area contributed by atoms with E-state index in [9.17, 15) is 0 Å². The van der Waals surface area contributed by atoms with Gasteiger partial charge in [-0.2, -0.15) is 15.0 Å². The van der Waals surface area contributed by atoms with Crippen molar-refractivity contribution >= 4 is 17.6 Å². The van der Waals surface area contributed by atoms with E-state index < -0.39 is 0 Å². The van der Waals surface area contributed by atoms with Crippen LogP contribution in [0.4, 0.5) is 17.6 Å². The summed E-state index contributed by atoms with van der Waals surface area (Å²) in [6.45, 7) is 3.16. The molecule has 0 aliphatic rings. The van der Waals surface area contributed by atoms with Crippen LogP contribution in [0.1, 0.15) is 12.7 Å². The van der Waals surface area contributed by atoms with Crippen LogP contribution in [0.15, 0.2) is 17.0 Å². The summed E-state index contributed by atoms with van der Waals surface area (Å²) in [7, 11) is 0. The van der Waals surface area contributed by atoms with Crippen molar-refractivity contribution in [2.45, 2.75) is 13.5 Å². The Hall–Kier alpha value is -2.38. The maximum Gasteiger partial charge on any atom is 0.223 e. The summed E-state index contributed by atoms with van der Waals surface area (Å²) in [5.41, 5.74) is 5.59. The van der Waals surface area contributed by atoms with Gasteiger partial charge in [-0.25, -0.2) is 0 Å². The van der Waals surface area contributed by atoms with E-state index >= 15 is 0 Å². The molecule has 17 heavy (non-hydrogen) atoms. The summed E-state index contributed by atoms with van der Waals surface area (Å²) in [6, 6.07) is 1.76. The van der Waals surface area contributed by atoms with Gasteiger partial charge in [0, 0.05) is 12.6 Å². The van der Waals surface area contributed by atoms with E-state index in [1.807, 2.05) is 6.92 Å². The Labute approximate surface area is 97.6 Å². The summed E-state index contributed by atoms with van der Waals surface area (Å²) in [4.78, 5) is 12.0. The monoisotopic (exact) mass is 235 g/mol. The van der Waals surface area contributed by atoms with Gasteiger partial charge in [-0.05, 0) is 6.92 Å². The molecule has 2 rings (SSSR count). The second kappa shape index (κ2) is 5.10. The van der Waals surface area contributed by atoms with Gasteiger partial charge >= 0.3 is 0 Å². The molecule has 2 aromatic heterocycles. The van der Waals surface area contributed by atoms with Crippen LogP contribution in [0.2, 0.25) is 0 Å². The average Bonchev–Trinajstić information content (AvgIpc) is 2.79. The Morgan fingerprint density at radius 2 is 2.06 bits per heavy atom. The quantitative estimate of drug-likeness (QED) is 0.685.